The van der Waals surface area contributed by atoms with Gasteiger partial charge < -0.3 is 10.1 Å². The van der Waals surface area contributed by atoms with Gasteiger partial charge in [0.2, 0.25) is 5.91 Å². The van der Waals surface area contributed by atoms with Crippen molar-refractivity contribution in [3.63, 3.8) is 0 Å². The van der Waals surface area contributed by atoms with Crippen molar-refractivity contribution in [2.24, 2.45) is 0 Å². The van der Waals surface area contributed by atoms with Gasteiger partial charge in [-0.15, -0.1) is 0 Å². The van der Waals surface area contributed by atoms with Crippen LogP contribution in [0.4, 0.5) is 4.39 Å². The van der Waals surface area contributed by atoms with E-state index in [1.54, 1.807) is 31.6 Å². The van der Waals surface area contributed by atoms with Crippen LogP contribution < -0.4 is 10.1 Å². The minimum absolute atomic E-state index is 0.0447. The van der Waals surface area contributed by atoms with Gasteiger partial charge in [0.25, 0.3) is 0 Å². The van der Waals surface area contributed by atoms with Gasteiger partial charge in [0.15, 0.2) is 0 Å². The van der Waals surface area contributed by atoms with Crippen molar-refractivity contribution in [2.45, 2.75) is 24.3 Å². The zero-order valence-electron chi connectivity index (χ0n) is 15.6. The van der Waals surface area contributed by atoms with E-state index in [0.29, 0.717) is 0 Å². The van der Waals surface area contributed by atoms with Crippen molar-refractivity contribution >= 4 is 5.91 Å². The molecule has 5 heteroatoms. The highest BCUT2D eigenvalue weighted by atomic mass is 19.1. The van der Waals surface area contributed by atoms with Crippen molar-refractivity contribution in [1.82, 2.24) is 10.3 Å². The normalized spacial score (nSPS) is 15.5. The maximum absolute atomic E-state index is 13.3. The summed E-state index contributed by atoms with van der Waals surface area (Å²) >= 11 is 0. The lowest BCUT2D eigenvalue weighted by molar-refractivity contribution is -0.124. The summed E-state index contributed by atoms with van der Waals surface area (Å²) in [7, 11) is 1.62. The van der Waals surface area contributed by atoms with E-state index in [4.69, 9.17) is 4.74 Å². The molecule has 1 aliphatic carbocycles. The van der Waals surface area contributed by atoms with Crippen molar-refractivity contribution in [2.75, 3.05) is 7.11 Å². The highest BCUT2D eigenvalue weighted by Gasteiger charge is 2.51. The van der Waals surface area contributed by atoms with Crippen LogP contribution in [-0.4, -0.2) is 18.0 Å². The summed E-state index contributed by atoms with van der Waals surface area (Å²) < 4.78 is 18.5. The van der Waals surface area contributed by atoms with E-state index in [1.807, 2.05) is 36.4 Å². The van der Waals surface area contributed by atoms with Gasteiger partial charge in [-0.25, -0.2) is 4.39 Å². The van der Waals surface area contributed by atoms with Crippen LogP contribution in [0.15, 0.2) is 73.1 Å². The number of pyridine rings is 1. The summed E-state index contributed by atoms with van der Waals surface area (Å²) in [6.07, 6.45) is 4.95. The Morgan fingerprint density at radius 3 is 2.18 bits per heavy atom. The molecule has 1 aliphatic rings. The Bertz CT molecular complexity index is 952. The molecular weight excluding hydrogens is 355 g/mol. The largest absolute Gasteiger partial charge is 0.497 e. The summed E-state index contributed by atoms with van der Waals surface area (Å²) in [5, 5.41) is 3.20. The highest BCUT2D eigenvalue weighted by Crippen LogP contribution is 2.49. The molecule has 28 heavy (non-hydrogen) atoms. The third-order valence-corrected chi connectivity index (χ3v) is 5.35. The van der Waals surface area contributed by atoms with Crippen molar-refractivity contribution < 1.29 is 13.9 Å². The molecule has 4 nitrogen and oxygen atoms in total. The zero-order chi connectivity index (χ0) is 19.6. The molecule has 1 fully saturated rings. The van der Waals surface area contributed by atoms with Gasteiger partial charge in [-0.1, -0.05) is 24.3 Å². The number of carbonyl (C=O) groups excluding carboxylic acids is 1. The molecule has 0 aliphatic heterocycles. The Hall–Kier alpha value is -3.21. The fraction of sp³-hybridized carbons (Fsp3) is 0.217. The minimum atomic E-state index is -0.578. The quantitative estimate of drug-likeness (QED) is 0.703. The second-order valence-electron chi connectivity index (χ2n) is 7.05. The van der Waals surface area contributed by atoms with Gasteiger partial charge in [-0.05, 0) is 65.9 Å². The fourth-order valence-corrected chi connectivity index (χ4v) is 3.52. The Kier molecular flexibility index (Phi) is 4.82. The van der Waals surface area contributed by atoms with Gasteiger partial charge in [-0.2, -0.15) is 0 Å². The smallest absolute Gasteiger partial charge is 0.231 e. The second kappa shape index (κ2) is 7.43. The Balaban J connectivity index is 1.64. The van der Waals surface area contributed by atoms with Crippen molar-refractivity contribution in [1.29, 1.82) is 0 Å². The molecule has 1 N–H and O–H groups in total. The molecule has 0 radical (unpaired) electrons. The van der Waals surface area contributed by atoms with E-state index in [-0.39, 0.29) is 17.8 Å². The third-order valence-electron chi connectivity index (χ3n) is 5.35. The number of methoxy groups -OCH3 is 1. The van der Waals surface area contributed by atoms with Crippen LogP contribution in [0, 0.1) is 5.82 Å². The molecule has 3 aromatic rings. The van der Waals surface area contributed by atoms with E-state index >= 15 is 0 Å². The van der Waals surface area contributed by atoms with Crippen molar-refractivity contribution in [3.8, 4) is 5.75 Å². The topological polar surface area (TPSA) is 51.2 Å². The maximum Gasteiger partial charge on any atom is 0.231 e. The highest BCUT2D eigenvalue weighted by molar-refractivity contribution is 5.91. The molecule has 1 aromatic heterocycles. The number of aromatic nitrogens is 1. The summed E-state index contributed by atoms with van der Waals surface area (Å²) in [4.78, 5) is 17.3. The number of hydrogen-bond acceptors (Lipinski definition) is 3. The molecule has 142 valence electrons. The third kappa shape index (κ3) is 3.48. The molecule has 2 aromatic carbocycles. The number of rotatable bonds is 6. The zero-order valence-corrected chi connectivity index (χ0v) is 15.6. The van der Waals surface area contributed by atoms with Crippen LogP contribution in [0.5, 0.6) is 5.75 Å². The van der Waals surface area contributed by atoms with Gasteiger partial charge in [0.05, 0.1) is 18.6 Å². The van der Waals surface area contributed by atoms with Crippen LogP contribution in [0.2, 0.25) is 0 Å². The average Bonchev–Trinajstić information content (AvgIpc) is 3.55. The molecule has 4 rings (SSSR count). The number of benzene rings is 2. The molecule has 0 unspecified atom stereocenters. The predicted octanol–water partition coefficient (Wildman–Crippen LogP) is 4.17. The molecule has 0 bridgehead atoms. The first-order valence-electron chi connectivity index (χ1n) is 9.23. The number of nitrogens with zero attached hydrogens (tertiary/aromatic N) is 1. The predicted molar refractivity (Wildman–Crippen MR) is 105 cm³/mol. The number of nitrogens with one attached hydrogen (secondary N) is 1. The number of hydrogen-bond donors (Lipinski definition) is 1. The van der Waals surface area contributed by atoms with Gasteiger partial charge in [0.1, 0.15) is 11.6 Å². The number of carbonyl (C=O) groups is 1. The van der Waals surface area contributed by atoms with E-state index in [1.165, 1.54) is 12.1 Å². The van der Waals surface area contributed by atoms with E-state index in [2.05, 4.69) is 10.3 Å². The number of amides is 1. The lowest BCUT2D eigenvalue weighted by Gasteiger charge is -2.24. The molecule has 1 saturated carbocycles. The van der Waals surface area contributed by atoms with Gasteiger partial charge in [0, 0.05) is 12.4 Å². The first kappa shape index (κ1) is 18.2. The van der Waals surface area contributed by atoms with Crippen LogP contribution in [0.3, 0.4) is 0 Å². The monoisotopic (exact) mass is 376 g/mol. The molecule has 0 saturated heterocycles. The van der Waals surface area contributed by atoms with Crippen LogP contribution in [0.25, 0.3) is 0 Å². The Morgan fingerprint density at radius 2 is 1.61 bits per heavy atom. The fourth-order valence-electron chi connectivity index (χ4n) is 3.52. The van der Waals surface area contributed by atoms with E-state index in [0.717, 1.165) is 35.3 Å². The first-order chi connectivity index (χ1) is 13.6. The minimum Gasteiger partial charge on any atom is -0.497 e. The molecule has 0 spiro atoms. The Morgan fingerprint density at radius 1 is 1.00 bits per heavy atom. The molecule has 1 atom stereocenters. The summed E-state index contributed by atoms with van der Waals surface area (Å²) in [5.41, 5.74) is 2.18. The molecule has 1 heterocycles. The first-order valence-corrected chi connectivity index (χ1v) is 9.23. The number of halogens is 1. The lowest BCUT2D eigenvalue weighted by atomic mass is 9.93. The Labute approximate surface area is 163 Å². The SMILES string of the molecule is COc1ccc([C@H](NC(=O)C2(c3ccc(F)cc3)CC2)c2ccncc2)cc1. The molecular formula is C23H21FN2O2. The average molecular weight is 376 g/mol. The van der Waals surface area contributed by atoms with E-state index in [9.17, 15) is 9.18 Å². The van der Waals surface area contributed by atoms with Gasteiger partial charge in [-0.3, -0.25) is 9.78 Å². The maximum atomic E-state index is 13.3. The van der Waals surface area contributed by atoms with Crippen LogP contribution in [0.1, 0.15) is 35.6 Å². The lowest BCUT2D eigenvalue weighted by Crippen LogP contribution is -2.37. The summed E-state index contributed by atoms with van der Waals surface area (Å²) in [5.74, 6) is 0.415. The van der Waals surface area contributed by atoms with Crippen LogP contribution in [-0.2, 0) is 10.2 Å². The van der Waals surface area contributed by atoms with E-state index < -0.39 is 5.41 Å². The molecule has 1 amide bonds. The number of ether oxygens (including phenoxy) is 1. The summed E-state index contributed by atoms with van der Waals surface area (Å²) in [6.45, 7) is 0. The van der Waals surface area contributed by atoms with Crippen molar-refractivity contribution in [3.05, 3.63) is 95.6 Å². The van der Waals surface area contributed by atoms with Gasteiger partial charge >= 0.3 is 0 Å². The second-order valence-corrected chi connectivity index (χ2v) is 7.05. The van der Waals surface area contributed by atoms with Crippen LogP contribution >= 0.6 is 0 Å². The summed E-state index contributed by atoms with van der Waals surface area (Å²) in [6, 6.07) is 17.4. The standard InChI is InChI=1S/C23H21FN2O2/c1-28-20-8-2-16(3-9-20)21(17-10-14-25-15-11-17)26-22(27)23(12-13-23)18-4-6-19(24)7-5-18/h2-11,14-15,21H,12-13H2,1H3,(H,26,27)/t21-/m0/s1.